The smallest absolute Gasteiger partial charge is 0.317 e. The molecule has 3 rings (SSSR count). The number of urea groups is 1. The topological polar surface area (TPSA) is 55.8 Å². The fraction of sp³-hybridized carbons (Fsp3) is 0.632. The summed E-state index contributed by atoms with van der Waals surface area (Å²) in [4.78, 5) is 16.9. The highest BCUT2D eigenvalue weighted by atomic mass is 16.3. The summed E-state index contributed by atoms with van der Waals surface area (Å²) in [6.45, 7) is 5.98. The summed E-state index contributed by atoms with van der Waals surface area (Å²) in [5.74, 6) is 0.142. The van der Waals surface area contributed by atoms with Crippen molar-refractivity contribution in [2.24, 2.45) is 0 Å². The van der Waals surface area contributed by atoms with Crippen LogP contribution >= 0.6 is 0 Å². The van der Waals surface area contributed by atoms with Crippen LogP contribution in [0, 0.1) is 0 Å². The molecule has 1 aromatic rings. The van der Waals surface area contributed by atoms with Gasteiger partial charge in [-0.05, 0) is 31.7 Å². The van der Waals surface area contributed by atoms with Gasteiger partial charge in [-0.15, -0.1) is 0 Å². The molecule has 2 fully saturated rings. The second kappa shape index (κ2) is 7.99. The zero-order valence-electron chi connectivity index (χ0n) is 14.5. The van der Waals surface area contributed by atoms with Crippen molar-refractivity contribution in [2.75, 3.05) is 32.7 Å². The summed E-state index contributed by atoms with van der Waals surface area (Å²) in [5.41, 5.74) is 1.16. The van der Waals surface area contributed by atoms with Gasteiger partial charge in [-0.1, -0.05) is 30.3 Å². The Kier molecular flexibility index (Phi) is 5.74. The lowest BCUT2D eigenvalue weighted by Crippen LogP contribution is -2.52. The molecule has 5 nitrogen and oxygen atoms in total. The Morgan fingerprint density at radius 3 is 2.46 bits per heavy atom. The van der Waals surface area contributed by atoms with Crippen LogP contribution in [0.1, 0.15) is 37.7 Å². The molecular formula is C19H29N3O2. The van der Waals surface area contributed by atoms with E-state index in [1.165, 1.54) is 12.8 Å². The lowest BCUT2D eigenvalue weighted by Gasteiger charge is -2.35. The van der Waals surface area contributed by atoms with E-state index in [2.05, 4.69) is 22.3 Å². The minimum absolute atomic E-state index is 0.0250. The highest BCUT2D eigenvalue weighted by Gasteiger charge is 2.32. The first-order valence-corrected chi connectivity index (χ1v) is 9.13. The van der Waals surface area contributed by atoms with E-state index >= 15 is 0 Å². The van der Waals surface area contributed by atoms with Gasteiger partial charge >= 0.3 is 6.03 Å². The Labute approximate surface area is 144 Å². The van der Waals surface area contributed by atoms with Gasteiger partial charge in [-0.25, -0.2) is 4.79 Å². The van der Waals surface area contributed by atoms with Crippen LogP contribution in [0.2, 0.25) is 0 Å². The van der Waals surface area contributed by atoms with Crippen molar-refractivity contribution in [1.29, 1.82) is 0 Å². The highest BCUT2D eigenvalue weighted by Crippen LogP contribution is 2.27. The fourth-order valence-electron chi connectivity index (χ4n) is 3.53. The average Bonchev–Trinajstić information content (AvgIpc) is 3.44. The van der Waals surface area contributed by atoms with Crippen LogP contribution in [0.25, 0.3) is 0 Å². The van der Waals surface area contributed by atoms with Crippen molar-refractivity contribution < 1.29 is 9.90 Å². The maximum atomic E-state index is 12.4. The Morgan fingerprint density at radius 2 is 1.88 bits per heavy atom. The van der Waals surface area contributed by atoms with E-state index in [0.29, 0.717) is 13.0 Å². The fourth-order valence-corrected chi connectivity index (χ4v) is 3.53. The molecule has 5 heteroatoms. The number of hydrogen-bond acceptors (Lipinski definition) is 3. The molecule has 1 saturated heterocycles. The van der Waals surface area contributed by atoms with Crippen LogP contribution in [0.15, 0.2) is 30.3 Å². The lowest BCUT2D eigenvalue weighted by atomic mass is 9.93. The summed E-state index contributed by atoms with van der Waals surface area (Å²) in [6.07, 6.45) is 2.92. The number of hydrogen-bond donors (Lipinski definition) is 2. The van der Waals surface area contributed by atoms with Gasteiger partial charge in [0, 0.05) is 44.7 Å². The van der Waals surface area contributed by atoms with Crippen LogP contribution in [0.4, 0.5) is 4.79 Å². The molecule has 0 spiro atoms. The van der Waals surface area contributed by atoms with Gasteiger partial charge in [-0.3, -0.25) is 4.90 Å². The molecule has 1 aliphatic carbocycles. The second-order valence-corrected chi connectivity index (χ2v) is 7.13. The van der Waals surface area contributed by atoms with E-state index in [9.17, 15) is 9.90 Å². The number of piperazine rings is 1. The van der Waals surface area contributed by atoms with Gasteiger partial charge in [0.25, 0.3) is 0 Å². The number of aliphatic hydroxyl groups is 1. The average molecular weight is 331 g/mol. The molecule has 2 aliphatic rings. The molecule has 1 aliphatic heterocycles. The third-order valence-corrected chi connectivity index (χ3v) is 5.06. The Hall–Kier alpha value is -1.59. The molecule has 2 unspecified atom stereocenters. The van der Waals surface area contributed by atoms with E-state index < -0.39 is 0 Å². The number of rotatable bonds is 6. The van der Waals surface area contributed by atoms with Gasteiger partial charge in [0.1, 0.15) is 0 Å². The quantitative estimate of drug-likeness (QED) is 0.839. The van der Waals surface area contributed by atoms with Crippen LogP contribution in [-0.4, -0.2) is 65.8 Å². The number of carbonyl (C=O) groups excluding carboxylic acids is 1. The van der Waals surface area contributed by atoms with Crippen molar-refractivity contribution in [3.8, 4) is 0 Å². The lowest BCUT2D eigenvalue weighted by molar-refractivity contribution is 0.133. The molecule has 2 atom stereocenters. The van der Waals surface area contributed by atoms with Gasteiger partial charge in [0.05, 0.1) is 6.10 Å². The van der Waals surface area contributed by atoms with Gasteiger partial charge < -0.3 is 15.3 Å². The van der Waals surface area contributed by atoms with Crippen molar-refractivity contribution in [1.82, 2.24) is 15.1 Å². The zero-order chi connectivity index (χ0) is 16.9. The number of carbonyl (C=O) groups is 1. The molecular weight excluding hydrogens is 302 g/mol. The molecule has 2 amide bonds. The summed E-state index contributed by atoms with van der Waals surface area (Å²) in [7, 11) is 0. The number of nitrogens with zero attached hydrogens (tertiary/aromatic N) is 2. The van der Waals surface area contributed by atoms with E-state index in [-0.39, 0.29) is 18.1 Å². The van der Waals surface area contributed by atoms with E-state index in [1.54, 1.807) is 6.92 Å². The Bertz CT molecular complexity index is 523. The van der Waals surface area contributed by atoms with E-state index in [1.807, 2.05) is 23.1 Å². The molecule has 24 heavy (non-hydrogen) atoms. The minimum Gasteiger partial charge on any atom is -0.393 e. The molecule has 1 heterocycles. The van der Waals surface area contributed by atoms with Crippen molar-refractivity contribution in [2.45, 2.75) is 44.2 Å². The number of amides is 2. The summed E-state index contributed by atoms with van der Waals surface area (Å²) in [6, 6.07) is 10.9. The number of aliphatic hydroxyl groups excluding tert-OH is 1. The van der Waals surface area contributed by atoms with Crippen molar-refractivity contribution in [3.05, 3.63) is 35.9 Å². The highest BCUT2D eigenvalue weighted by molar-refractivity contribution is 5.74. The SMILES string of the molecule is CC(O)CC(CNC(=O)N1CCN(C2CC2)CC1)c1ccccc1. The minimum atomic E-state index is -0.380. The maximum Gasteiger partial charge on any atom is 0.317 e. The van der Waals surface area contributed by atoms with Crippen LogP contribution < -0.4 is 5.32 Å². The normalized spacial score (nSPS) is 21.3. The molecule has 0 radical (unpaired) electrons. The predicted molar refractivity (Wildman–Crippen MR) is 95.0 cm³/mol. The monoisotopic (exact) mass is 331 g/mol. The number of nitrogens with one attached hydrogen (secondary N) is 1. The summed E-state index contributed by atoms with van der Waals surface area (Å²) >= 11 is 0. The summed E-state index contributed by atoms with van der Waals surface area (Å²) < 4.78 is 0. The third kappa shape index (κ3) is 4.71. The van der Waals surface area contributed by atoms with Crippen molar-refractivity contribution in [3.63, 3.8) is 0 Å². The second-order valence-electron chi connectivity index (χ2n) is 7.13. The predicted octanol–water partition coefficient (Wildman–Crippen LogP) is 2.03. The molecule has 2 N–H and O–H groups in total. The summed E-state index contributed by atoms with van der Waals surface area (Å²) in [5, 5.41) is 12.8. The number of benzene rings is 1. The molecule has 1 saturated carbocycles. The van der Waals surface area contributed by atoms with Crippen molar-refractivity contribution >= 4 is 6.03 Å². The molecule has 0 bridgehead atoms. The van der Waals surface area contributed by atoms with Gasteiger partial charge in [0.2, 0.25) is 0 Å². The third-order valence-electron chi connectivity index (χ3n) is 5.06. The first-order chi connectivity index (χ1) is 11.6. The first kappa shape index (κ1) is 17.2. The zero-order valence-corrected chi connectivity index (χ0v) is 14.5. The van der Waals surface area contributed by atoms with Gasteiger partial charge in [-0.2, -0.15) is 0 Å². The maximum absolute atomic E-state index is 12.4. The van der Waals surface area contributed by atoms with Gasteiger partial charge in [0.15, 0.2) is 0 Å². The van der Waals surface area contributed by atoms with Crippen LogP contribution in [0.3, 0.4) is 0 Å². The largest absolute Gasteiger partial charge is 0.393 e. The molecule has 1 aromatic carbocycles. The van der Waals surface area contributed by atoms with E-state index in [0.717, 1.165) is 37.8 Å². The molecule has 132 valence electrons. The molecule has 0 aromatic heterocycles. The van der Waals surface area contributed by atoms with Crippen LogP contribution in [-0.2, 0) is 0 Å². The Balaban J connectivity index is 1.49. The van der Waals surface area contributed by atoms with Crippen LogP contribution in [0.5, 0.6) is 0 Å². The van der Waals surface area contributed by atoms with E-state index in [4.69, 9.17) is 0 Å². The Morgan fingerprint density at radius 1 is 1.21 bits per heavy atom. The first-order valence-electron chi connectivity index (χ1n) is 9.13. The standard InChI is InChI=1S/C19H29N3O2/c1-15(23)13-17(16-5-3-2-4-6-16)14-20-19(24)22-11-9-21(10-12-22)18-7-8-18/h2-6,15,17-18,23H,7-14H2,1H3,(H,20,24).